The summed E-state index contributed by atoms with van der Waals surface area (Å²) in [7, 11) is 3.48. The molecule has 4 fully saturated rings. The van der Waals surface area contributed by atoms with Gasteiger partial charge in [0.2, 0.25) is 23.5 Å². The van der Waals surface area contributed by atoms with E-state index >= 15 is 13.2 Å². The minimum absolute atomic E-state index is 0.00759. The molecule has 0 radical (unpaired) electrons. The zero-order chi connectivity index (χ0) is 43.0. The summed E-state index contributed by atoms with van der Waals surface area (Å²) in [5.41, 5.74) is 3.72. The first kappa shape index (κ1) is 40.4. The Kier molecular flexibility index (Phi) is 10.1. The highest BCUT2D eigenvalue weighted by Gasteiger charge is 2.51. The van der Waals surface area contributed by atoms with Gasteiger partial charge in [0.05, 0.1) is 40.6 Å². The third kappa shape index (κ3) is 7.41. The molecule has 3 saturated heterocycles. The minimum Gasteiger partial charge on any atom is -0.480 e. The monoisotopic (exact) mass is 852 g/mol. The highest BCUT2D eigenvalue weighted by Crippen LogP contribution is 2.46. The third-order valence-corrected chi connectivity index (χ3v) is 14.0. The zero-order valence-corrected chi connectivity index (χ0v) is 35.1. The fourth-order valence-electron chi connectivity index (χ4n) is 10.2. The van der Waals surface area contributed by atoms with E-state index in [1.165, 1.54) is 16.3 Å². The van der Waals surface area contributed by atoms with Crippen molar-refractivity contribution in [2.24, 2.45) is 31.8 Å². The van der Waals surface area contributed by atoms with E-state index in [1.54, 1.807) is 25.2 Å². The molecule has 2 amide bonds. The molecule has 3 aromatic heterocycles. The number of likely N-dealkylation sites (tertiary alicyclic amines) is 1. The van der Waals surface area contributed by atoms with Crippen molar-refractivity contribution in [3.8, 4) is 5.75 Å². The standard InChI is InChI=1S/C45H51F3N10O4/c1-24-21-58(17-14-28(24)22-57-15-12-25(13-16-57)27-6-8-30-35(18-27)56(3)54-37(30)31-9-11-36(59)51-42(31)60)44-49-20-33(46)41(53-44)50-29-7-10-34-32(19-29)38-39(43(61)55(34)2)62-23-45(47,48)40(52-38)26-4-5-26/h6-8,10,18-20,24-26,28,31,40,52H,4-5,9,11-17,21-23H2,1-3H3,(H,49,50,53)(H,51,59,60). The van der Waals surface area contributed by atoms with Crippen molar-refractivity contribution in [3.05, 3.63) is 70.0 Å². The molecule has 2 aromatic carbocycles. The van der Waals surface area contributed by atoms with Crippen LogP contribution in [0.3, 0.4) is 0 Å². The highest BCUT2D eigenvalue weighted by molar-refractivity contribution is 6.02. The van der Waals surface area contributed by atoms with E-state index in [9.17, 15) is 14.4 Å². The molecule has 5 aromatic rings. The summed E-state index contributed by atoms with van der Waals surface area (Å²) in [6.45, 7) is 5.84. The summed E-state index contributed by atoms with van der Waals surface area (Å²) in [6, 6.07) is 10.4. The summed E-state index contributed by atoms with van der Waals surface area (Å²) in [6.07, 6.45) is 6.36. The van der Waals surface area contributed by atoms with Gasteiger partial charge in [-0.3, -0.25) is 24.4 Å². The predicted molar refractivity (Wildman–Crippen MR) is 229 cm³/mol. The Balaban J connectivity index is 0.777. The number of nitrogens with zero attached hydrogens (tertiary/aromatic N) is 7. The van der Waals surface area contributed by atoms with Gasteiger partial charge in [0.15, 0.2) is 18.2 Å². The number of fused-ring (bicyclic) bond motifs is 4. The Morgan fingerprint density at radius 1 is 0.952 bits per heavy atom. The molecule has 14 nitrogen and oxygen atoms in total. The van der Waals surface area contributed by atoms with Gasteiger partial charge in [-0.1, -0.05) is 19.1 Å². The Morgan fingerprint density at radius 2 is 1.76 bits per heavy atom. The van der Waals surface area contributed by atoms with Gasteiger partial charge in [-0.05, 0) is 105 Å². The van der Waals surface area contributed by atoms with Crippen LogP contribution in [0, 0.1) is 23.6 Å². The van der Waals surface area contributed by atoms with Gasteiger partial charge in [0, 0.05) is 56.6 Å². The molecule has 4 aliphatic heterocycles. The Labute approximate surface area is 356 Å². The lowest BCUT2D eigenvalue weighted by Crippen LogP contribution is -2.45. The molecule has 7 heterocycles. The number of aromatic nitrogens is 5. The summed E-state index contributed by atoms with van der Waals surface area (Å²) in [5, 5.41) is 14.7. The normalized spacial score (nSPS) is 24.6. The highest BCUT2D eigenvalue weighted by atomic mass is 19.3. The Bertz CT molecular complexity index is 2660. The zero-order valence-electron chi connectivity index (χ0n) is 35.1. The van der Waals surface area contributed by atoms with Crippen molar-refractivity contribution < 1.29 is 27.5 Å². The maximum absolute atomic E-state index is 15.3. The average molecular weight is 853 g/mol. The number of amides is 2. The van der Waals surface area contributed by atoms with Crippen LogP contribution < -0.4 is 31.1 Å². The molecular formula is C45H51F3N10O4. The molecule has 0 spiro atoms. The van der Waals surface area contributed by atoms with Crippen LogP contribution in [0.5, 0.6) is 5.75 Å². The third-order valence-electron chi connectivity index (χ3n) is 14.0. The number of imide groups is 1. The summed E-state index contributed by atoms with van der Waals surface area (Å²) < 4.78 is 54.4. The molecule has 5 aliphatic rings. The minimum atomic E-state index is -3.16. The molecule has 17 heteroatoms. The lowest BCUT2D eigenvalue weighted by Gasteiger charge is -2.41. The van der Waals surface area contributed by atoms with Crippen molar-refractivity contribution >= 4 is 56.8 Å². The molecule has 10 rings (SSSR count). The second-order valence-electron chi connectivity index (χ2n) is 18.1. The molecule has 0 bridgehead atoms. The van der Waals surface area contributed by atoms with Crippen LogP contribution in [-0.4, -0.2) is 92.3 Å². The number of nitrogens with one attached hydrogen (secondary N) is 3. The largest absolute Gasteiger partial charge is 0.480 e. The fourth-order valence-corrected chi connectivity index (χ4v) is 10.2. The van der Waals surface area contributed by atoms with Crippen molar-refractivity contribution in [2.45, 2.75) is 75.7 Å². The maximum atomic E-state index is 15.3. The van der Waals surface area contributed by atoms with Gasteiger partial charge >= 0.3 is 5.92 Å². The number of alkyl halides is 2. The van der Waals surface area contributed by atoms with Gasteiger partial charge in [-0.25, -0.2) is 18.2 Å². The van der Waals surface area contributed by atoms with Crippen LogP contribution in [0.25, 0.3) is 21.8 Å². The second kappa shape index (κ2) is 15.6. The number of carbonyl (C=O) groups excluding carboxylic acids is 2. The molecule has 62 heavy (non-hydrogen) atoms. The van der Waals surface area contributed by atoms with Gasteiger partial charge in [0.1, 0.15) is 0 Å². The second-order valence-corrected chi connectivity index (χ2v) is 18.1. The quantitative estimate of drug-likeness (QED) is 0.154. The van der Waals surface area contributed by atoms with Gasteiger partial charge in [-0.15, -0.1) is 0 Å². The topological polar surface area (TPSA) is 152 Å². The molecule has 1 aliphatic carbocycles. The summed E-state index contributed by atoms with van der Waals surface area (Å²) in [5.74, 6) is -3.41. The number of hydrogen-bond donors (Lipinski definition) is 3. The summed E-state index contributed by atoms with van der Waals surface area (Å²) in [4.78, 5) is 51.2. The van der Waals surface area contributed by atoms with Crippen LogP contribution in [0.2, 0.25) is 0 Å². The molecule has 4 unspecified atom stereocenters. The smallest absolute Gasteiger partial charge is 0.301 e. The van der Waals surface area contributed by atoms with Gasteiger partial charge in [-0.2, -0.15) is 10.1 Å². The number of benzene rings is 2. The number of pyridine rings is 1. The van der Waals surface area contributed by atoms with Crippen molar-refractivity contribution in [1.82, 2.24) is 34.5 Å². The maximum Gasteiger partial charge on any atom is 0.301 e. The number of halogens is 3. The Hall–Kier alpha value is -5.71. The molecule has 4 atom stereocenters. The predicted octanol–water partition coefficient (Wildman–Crippen LogP) is 6.18. The van der Waals surface area contributed by atoms with E-state index in [1.807, 2.05) is 11.7 Å². The summed E-state index contributed by atoms with van der Waals surface area (Å²) >= 11 is 0. The van der Waals surface area contributed by atoms with Crippen LogP contribution in [0.4, 0.5) is 36.3 Å². The number of hydrogen-bond acceptors (Lipinski definition) is 11. The Morgan fingerprint density at radius 3 is 2.52 bits per heavy atom. The van der Waals surface area contributed by atoms with E-state index in [2.05, 4.69) is 60.8 Å². The van der Waals surface area contributed by atoms with E-state index in [0.717, 1.165) is 68.6 Å². The van der Waals surface area contributed by atoms with Crippen molar-refractivity contribution in [1.29, 1.82) is 0 Å². The van der Waals surface area contributed by atoms with Crippen molar-refractivity contribution in [2.75, 3.05) is 54.9 Å². The first-order valence-corrected chi connectivity index (χ1v) is 21.8. The van der Waals surface area contributed by atoms with E-state index in [4.69, 9.17) is 9.84 Å². The molecule has 326 valence electrons. The van der Waals surface area contributed by atoms with Gasteiger partial charge in [0.25, 0.3) is 5.56 Å². The number of anilines is 4. The van der Waals surface area contributed by atoms with E-state index in [-0.39, 0.29) is 35.0 Å². The number of aryl methyl sites for hydroxylation is 2. The lowest BCUT2D eigenvalue weighted by molar-refractivity contribution is -0.134. The SMILES string of the molecule is CC1CN(c2ncc(F)c(Nc3ccc4c(c3)c3c(c(=O)n4C)OCC(F)(F)C(C4CC4)N3)n2)CCC1CN1CCC(c2ccc3c(C4CCC(=O)NC4=O)nn(C)c3c2)CC1. The number of piperidine rings is 3. The van der Waals surface area contributed by atoms with Crippen molar-refractivity contribution in [3.63, 3.8) is 0 Å². The number of carbonyl (C=O) groups is 2. The van der Waals surface area contributed by atoms with E-state index < -0.39 is 35.9 Å². The average Bonchev–Trinajstić information content (AvgIpc) is 4.06. The van der Waals surface area contributed by atoms with Gasteiger partial charge < -0.3 is 29.7 Å². The lowest BCUT2D eigenvalue weighted by atomic mass is 9.84. The molecule has 3 N–H and O–H groups in total. The number of ether oxygens (including phenoxy) is 1. The molecule has 1 saturated carbocycles. The first-order valence-electron chi connectivity index (χ1n) is 21.8. The van der Waals surface area contributed by atoms with Crippen LogP contribution in [0.15, 0.2) is 47.4 Å². The van der Waals surface area contributed by atoms with Crippen LogP contribution in [0.1, 0.15) is 75.0 Å². The van der Waals surface area contributed by atoms with Crippen LogP contribution >= 0.6 is 0 Å². The van der Waals surface area contributed by atoms with Crippen LogP contribution in [-0.2, 0) is 23.7 Å². The van der Waals surface area contributed by atoms with E-state index in [0.29, 0.717) is 66.0 Å². The molecular weight excluding hydrogens is 802 g/mol. The fraction of sp³-hybridized carbons (Fsp3) is 0.511. The first-order chi connectivity index (χ1) is 29.8. The number of rotatable bonds is 8.